The number of nitrogens with zero attached hydrogens (tertiary/aromatic N) is 1. The van der Waals surface area contributed by atoms with E-state index in [4.69, 9.17) is 9.40 Å². The van der Waals surface area contributed by atoms with Gasteiger partial charge in [0.05, 0.1) is 11.2 Å². The molecule has 0 aliphatic rings. The van der Waals surface area contributed by atoms with E-state index in [1.54, 1.807) is 12.1 Å². The Kier molecular flexibility index (Phi) is 4.42. The van der Waals surface area contributed by atoms with E-state index in [9.17, 15) is 8.78 Å². The topological polar surface area (TPSA) is 26.0 Å². The molecule has 0 amide bonds. The van der Waals surface area contributed by atoms with Gasteiger partial charge in [0, 0.05) is 27.3 Å². The van der Waals surface area contributed by atoms with Gasteiger partial charge in [-0.15, -0.1) is 0 Å². The highest BCUT2D eigenvalue weighted by molar-refractivity contribution is 8.32. The summed E-state index contributed by atoms with van der Waals surface area (Å²) in [6.45, 7) is 2.02. The van der Waals surface area contributed by atoms with Crippen molar-refractivity contribution in [3.8, 4) is 11.3 Å². The molecule has 6 heteroatoms. The Hall–Kier alpha value is -2.86. The first-order valence-corrected chi connectivity index (χ1v) is 12.9. The second-order valence-electron chi connectivity index (χ2n) is 8.89. The molecule has 0 saturated heterocycles. The lowest BCUT2D eigenvalue weighted by Gasteiger charge is -2.26. The molecule has 31 heavy (non-hydrogen) atoms. The second-order valence-corrected chi connectivity index (χ2v) is 13.0. The molecule has 2 aromatic heterocycles. The molecule has 0 fully saturated rings. The lowest BCUT2D eigenvalue weighted by Crippen LogP contribution is -2.08. The molecule has 5 rings (SSSR count). The molecule has 2 nitrogen and oxygen atoms in total. The number of rotatable bonds is 2. The summed E-state index contributed by atoms with van der Waals surface area (Å²) in [5.41, 5.74) is 5.59. The molecule has 0 atom stereocenters. The highest BCUT2D eigenvalue weighted by Gasteiger charge is 2.19. The van der Waals surface area contributed by atoms with Crippen molar-refractivity contribution in [2.24, 2.45) is 0 Å². The molecule has 0 radical (unpaired) electrons. The minimum Gasteiger partial charge on any atom is -0.455 e. The van der Waals surface area contributed by atoms with E-state index < -0.39 is 10.0 Å². The molecule has 0 aliphatic heterocycles. The molecular formula is C25H22BF2NOS. The van der Waals surface area contributed by atoms with Gasteiger partial charge in [0.1, 0.15) is 30.6 Å². The summed E-state index contributed by atoms with van der Waals surface area (Å²) in [6, 6.07) is 14.1. The number of furan rings is 1. The van der Waals surface area contributed by atoms with Crippen LogP contribution in [0.5, 0.6) is 0 Å². The molecule has 0 aliphatic carbocycles. The van der Waals surface area contributed by atoms with Crippen LogP contribution < -0.4 is 5.46 Å². The van der Waals surface area contributed by atoms with Crippen LogP contribution >= 0.6 is 10.0 Å². The van der Waals surface area contributed by atoms with Gasteiger partial charge in [-0.05, 0) is 79.1 Å². The van der Waals surface area contributed by atoms with Crippen LogP contribution in [-0.4, -0.2) is 31.6 Å². The third-order valence-corrected chi connectivity index (χ3v) is 7.32. The van der Waals surface area contributed by atoms with Gasteiger partial charge in [0.2, 0.25) is 0 Å². The van der Waals surface area contributed by atoms with Crippen LogP contribution in [0.15, 0.2) is 57.8 Å². The Labute approximate surface area is 182 Å². The largest absolute Gasteiger partial charge is 0.455 e. The first kappa shape index (κ1) is 20.1. The van der Waals surface area contributed by atoms with E-state index in [2.05, 4.69) is 18.8 Å². The number of aryl methyl sites for hydroxylation is 1. The van der Waals surface area contributed by atoms with E-state index in [0.717, 1.165) is 48.9 Å². The Morgan fingerprint density at radius 3 is 2.42 bits per heavy atom. The fraction of sp³-hybridized carbons (Fsp3) is 0.160. The van der Waals surface area contributed by atoms with Crippen LogP contribution in [-0.2, 0) is 0 Å². The van der Waals surface area contributed by atoms with Gasteiger partial charge in [-0.3, -0.25) is 0 Å². The fourth-order valence-corrected chi connectivity index (χ4v) is 5.30. The van der Waals surface area contributed by atoms with Crippen LogP contribution in [0.25, 0.3) is 44.1 Å². The van der Waals surface area contributed by atoms with Crippen molar-refractivity contribution in [2.75, 3.05) is 18.8 Å². The summed E-state index contributed by atoms with van der Waals surface area (Å²) in [5.74, 6) is -0.506. The van der Waals surface area contributed by atoms with E-state index in [0.29, 0.717) is 11.2 Å². The monoisotopic (exact) mass is 433 g/mol. The predicted octanol–water partition coefficient (Wildman–Crippen LogP) is 5.70. The molecule has 3 aromatic carbocycles. The Balaban J connectivity index is 1.82. The number of pyridine rings is 1. The molecule has 0 N–H and O–H groups in total. The predicted molar refractivity (Wildman–Crippen MR) is 131 cm³/mol. The van der Waals surface area contributed by atoms with Crippen molar-refractivity contribution in [3.05, 3.63) is 65.7 Å². The van der Waals surface area contributed by atoms with E-state index in [1.165, 1.54) is 12.1 Å². The standard InChI is InChI=1S/C25H22BF2NOS/c1-13-7-16-15-6-5-14(27)9-23(15)30-25(16)18(8-13)21-11-19(26)17-10-20(28)24(31(2,3)4)12-22(17)29-21/h5-12H,26H2,1-4H3. The summed E-state index contributed by atoms with van der Waals surface area (Å²) in [7, 11) is 0.723. The van der Waals surface area contributed by atoms with E-state index in [-0.39, 0.29) is 11.6 Å². The van der Waals surface area contributed by atoms with Crippen molar-refractivity contribution in [3.63, 3.8) is 0 Å². The molecule has 156 valence electrons. The van der Waals surface area contributed by atoms with Gasteiger partial charge in [-0.2, -0.15) is 0 Å². The summed E-state index contributed by atoms with van der Waals surface area (Å²) in [5, 5.41) is 2.62. The molecule has 0 saturated carbocycles. The fourth-order valence-electron chi connectivity index (χ4n) is 4.19. The number of hydrogen-bond acceptors (Lipinski definition) is 2. The molecular weight excluding hydrogens is 411 g/mol. The van der Waals surface area contributed by atoms with Gasteiger partial charge in [-0.25, -0.2) is 23.8 Å². The lowest BCUT2D eigenvalue weighted by atomic mass is 9.90. The number of fused-ring (bicyclic) bond motifs is 4. The van der Waals surface area contributed by atoms with Gasteiger partial charge < -0.3 is 4.42 Å². The van der Waals surface area contributed by atoms with Crippen LogP contribution in [0.1, 0.15) is 5.56 Å². The normalized spacial score (nSPS) is 12.8. The van der Waals surface area contributed by atoms with Crippen LogP contribution in [0.2, 0.25) is 0 Å². The van der Waals surface area contributed by atoms with Gasteiger partial charge in [0.15, 0.2) is 0 Å². The van der Waals surface area contributed by atoms with Crippen LogP contribution in [0, 0.1) is 18.6 Å². The second kappa shape index (κ2) is 6.82. The van der Waals surface area contributed by atoms with E-state index in [1.807, 2.05) is 39.0 Å². The zero-order valence-electron chi connectivity index (χ0n) is 18.1. The van der Waals surface area contributed by atoms with Crippen molar-refractivity contribution in [1.82, 2.24) is 4.98 Å². The van der Waals surface area contributed by atoms with Gasteiger partial charge >= 0.3 is 0 Å². The smallest absolute Gasteiger partial charge is 0.144 e. The molecule has 5 aromatic rings. The maximum atomic E-state index is 14.8. The number of benzene rings is 3. The van der Waals surface area contributed by atoms with Crippen LogP contribution in [0.4, 0.5) is 8.78 Å². The Morgan fingerprint density at radius 2 is 1.68 bits per heavy atom. The molecule has 0 unspecified atom stereocenters. The summed E-state index contributed by atoms with van der Waals surface area (Å²) >= 11 is 0. The minimum absolute atomic E-state index is 0.176. The van der Waals surface area contributed by atoms with Crippen molar-refractivity contribution >= 4 is 56.2 Å². The van der Waals surface area contributed by atoms with Crippen molar-refractivity contribution in [2.45, 2.75) is 11.8 Å². The SMILES string of the molecule is Bc1cc(-c2cc(C)cc3c2oc2cc(F)ccc23)nc2cc(S(C)(C)C)c(F)cc12. The van der Waals surface area contributed by atoms with Gasteiger partial charge in [-0.1, -0.05) is 5.46 Å². The highest BCUT2D eigenvalue weighted by atomic mass is 32.3. The van der Waals surface area contributed by atoms with Crippen molar-refractivity contribution < 1.29 is 13.2 Å². The summed E-state index contributed by atoms with van der Waals surface area (Å²) < 4.78 is 34.6. The highest BCUT2D eigenvalue weighted by Crippen LogP contribution is 2.47. The average Bonchev–Trinajstić information content (AvgIpc) is 3.03. The first-order valence-electron chi connectivity index (χ1n) is 10.0. The maximum absolute atomic E-state index is 14.8. The number of aromatic nitrogens is 1. The summed E-state index contributed by atoms with van der Waals surface area (Å²) in [6.07, 6.45) is 6.22. The van der Waals surface area contributed by atoms with E-state index >= 15 is 0 Å². The molecule has 0 spiro atoms. The number of hydrogen-bond donors (Lipinski definition) is 0. The number of halogens is 2. The zero-order chi connectivity index (χ0) is 22.1. The minimum atomic E-state index is -1.25. The lowest BCUT2D eigenvalue weighted by molar-refractivity contribution is 0.603. The summed E-state index contributed by atoms with van der Waals surface area (Å²) in [4.78, 5) is 5.63. The Bertz CT molecular complexity index is 1520. The first-order chi connectivity index (χ1) is 14.6. The molecule has 2 heterocycles. The van der Waals surface area contributed by atoms with Crippen molar-refractivity contribution in [1.29, 1.82) is 0 Å². The zero-order valence-corrected chi connectivity index (χ0v) is 19.0. The third kappa shape index (κ3) is 3.30. The Morgan fingerprint density at radius 1 is 0.903 bits per heavy atom. The molecule has 0 bridgehead atoms. The maximum Gasteiger partial charge on any atom is 0.144 e. The third-order valence-electron chi connectivity index (χ3n) is 5.68. The van der Waals surface area contributed by atoms with Gasteiger partial charge in [0.25, 0.3) is 0 Å². The van der Waals surface area contributed by atoms with Crippen LogP contribution in [0.3, 0.4) is 0 Å². The quantitative estimate of drug-likeness (QED) is 0.334. The average molecular weight is 433 g/mol.